The molecule has 35 heavy (non-hydrogen) atoms. The molecule has 1 aliphatic heterocycles. The van der Waals surface area contributed by atoms with Crippen LogP contribution in [0.25, 0.3) is 11.3 Å². The van der Waals surface area contributed by atoms with Gasteiger partial charge >= 0.3 is 0 Å². The van der Waals surface area contributed by atoms with Gasteiger partial charge in [0.25, 0.3) is 5.91 Å². The molecule has 0 saturated carbocycles. The average molecular weight is 486 g/mol. The van der Waals surface area contributed by atoms with Crippen LogP contribution in [0.1, 0.15) is 53.0 Å². The van der Waals surface area contributed by atoms with E-state index in [9.17, 15) is 4.79 Å². The van der Waals surface area contributed by atoms with Gasteiger partial charge in [0.05, 0.1) is 18.3 Å². The SMILES string of the molecule is CCCCOc1cccc(C2c3c(-c4ccc(Cl)cc4)n[nH]c3C(=O)N2CCc2ccccc2)c1. The van der Waals surface area contributed by atoms with Crippen molar-refractivity contribution in [3.63, 3.8) is 0 Å². The van der Waals surface area contributed by atoms with Gasteiger partial charge in [0.15, 0.2) is 0 Å². The molecular formula is C29H28ClN3O2. The molecular weight excluding hydrogens is 458 g/mol. The van der Waals surface area contributed by atoms with E-state index in [1.807, 2.05) is 59.5 Å². The van der Waals surface area contributed by atoms with E-state index in [-0.39, 0.29) is 11.9 Å². The van der Waals surface area contributed by atoms with Crippen molar-refractivity contribution in [2.24, 2.45) is 0 Å². The Balaban J connectivity index is 1.54. The summed E-state index contributed by atoms with van der Waals surface area (Å²) in [4.78, 5) is 15.5. The molecule has 1 aromatic heterocycles. The molecule has 1 amide bonds. The van der Waals surface area contributed by atoms with Gasteiger partial charge in [-0.25, -0.2) is 0 Å². The van der Waals surface area contributed by atoms with Gasteiger partial charge in [-0.1, -0.05) is 79.5 Å². The Hall–Kier alpha value is -3.57. The number of unbranched alkanes of at least 4 members (excludes halogenated alkanes) is 1. The van der Waals surface area contributed by atoms with E-state index in [1.165, 1.54) is 5.56 Å². The summed E-state index contributed by atoms with van der Waals surface area (Å²) in [7, 11) is 0. The van der Waals surface area contributed by atoms with Crippen LogP contribution in [0.3, 0.4) is 0 Å². The third kappa shape index (κ3) is 4.82. The van der Waals surface area contributed by atoms with E-state index in [4.69, 9.17) is 16.3 Å². The summed E-state index contributed by atoms with van der Waals surface area (Å²) in [6.07, 6.45) is 2.85. The van der Waals surface area contributed by atoms with Crippen LogP contribution in [-0.2, 0) is 6.42 Å². The molecule has 1 aliphatic rings. The largest absolute Gasteiger partial charge is 0.494 e. The molecule has 3 aromatic carbocycles. The number of benzene rings is 3. The second-order valence-electron chi connectivity index (χ2n) is 8.78. The first kappa shape index (κ1) is 23.2. The minimum absolute atomic E-state index is 0.0362. The molecule has 5 nitrogen and oxygen atoms in total. The van der Waals surface area contributed by atoms with Crippen LogP contribution in [0.4, 0.5) is 0 Å². The van der Waals surface area contributed by atoms with E-state index in [0.717, 1.165) is 47.4 Å². The lowest BCUT2D eigenvalue weighted by Crippen LogP contribution is -2.31. The Morgan fingerprint density at radius 1 is 1.03 bits per heavy atom. The summed E-state index contributed by atoms with van der Waals surface area (Å²) in [5.74, 6) is 0.780. The first-order valence-corrected chi connectivity index (χ1v) is 12.5. The maximum atomic E-state index is 13.6. The van der Waals surface area contributed by atoms with Gasteiger partial charge in [0.1, 0.15) is 11.4 Å². The molecule has 1 unspecified atom stereocenters. The standard InChI is InChI=1S/C29H28ClN3O2/c1-2-3-18-35-24-11-7-10-22(19-24)28-25-26(21-12-14-23(30)15-13-21)31-32-27(25)29(34)33(28)17-16-20-8-5-4-6-9-20/h4-15,19,28H,2-3,16-18H2,1H3,(H,31,32). The molecule has 0 aliphatic carbocycles. The number of hydrogen-bond acceptors (Lipinski definition) is 3. The zero-order valence-corrected chi connectivity index (χ0v) is 20.5. The van der Waals surface area contributed by atoms with E-state index >= 15 is 0 Å². The molecule has 0 spiro atoms. The van der Waals surface area contributed by atoms with Crippen molar-refractivity contribution in [3.05, 3.63) is 106 Å². The van der Waals surface area contributed by atoms with Gasteiger partial charge < -0.3 is 9.64 Å². The molecule has 1 atom stereocenters. The number of nitrogens with one attached hydrogen (secondary N) is 1. The van der Waals surface area contributed by atoms with E-state index in [0.29, 0.717) is 23.9 Å². The van der Waals surface area contributed by atoms with Gasteiger partial charge in [-0.05, 0) is 48.2 Å². The van der Waals surface area contributed by atoms with Crippen LogP contribution >= 0.6 is 11.6 Å². The lowest BCUT2D eigenvalue weighted by Gasteiger charge is -2.27. The zero-order valence-electron chi connectivity index (χ0n) is 19.7. The van der Waals surface area contributed by atoms with Crippen LogP contribution in [0, 0.1) is 0 Å². The number of carbonyl (C=O) groups is 1. The number of ether oxygens (including phenoxy) is 1. The minimum Gasteiger partial charge on any atom is -0.494 e. The molecule has 2 heterocycles. The third-order valence-corrected chi connectivity index (χ3v) is 6.66. The van der Waals surface area contributed by atoms with E-state index < -0.39 is 0 Å². The van der Waals surface area contributed by atoms with Crippen molar-refractivity contribution in [1.29, 1.82) is 0 Å². The fourth-order valence-electron chi connectivity index (χ4n) is 4.60. The minimum atomic E-state index is -0.264. The van der Waals surface area contributed by atoms with Crippen LogP contribution in [0.5, 0.6) is 5.75 Å². The fourth-order valence-corrected chi connectivity index (χ4v) is 4.73. The van der Waals surface area contributed by atoms with Crippen molar-refractivity contribution in [2.75, 3.05) is 13.2 Å². The summed E-state index contributed by atoms with van der Waals surface area (Å²) >= 11 is 6.13. The first-order chi connectivity index (χ1) is 17.2. The molecule has 0 fully saturated rings. The lowest BCUT2D eigenvalue weighted by atomic mass is 9.95. The Kier molecular flexibility index (Phi) is 6.87. The summed E-state index contributed by atoms with van der Waals surface area (Å²) < 4.78 is 5.99. The number of carbonyl (C=O) groups excluding carboxylic acids is 1. The molecule has 0 saturated heterocycles. The average Bonchev–Trinajstić information content (AvgIpc) is 3.43. The number of hydrogen-bond donors (Lipinski definition) is 1. The van der Waals surface area contributed by atoms with Crippen LogP contribution in [0.15, 0.2) is 78.9 Å². The van der Waals surface area contributed by atoms with E-state index in [2.05, 4.69) is 41.4 Å². The monoisotopic (exact) mass is 485 g/mol. The second kappa shape index (κ2) is 10.4. The van der Waals surface area contributed by atoms with Crippen molar-refractivity contribution in [3.8, 4) is 17.0 Å². The highest BCUT2D eigenvalue weighted by molar-refractivity contribution is 6.30. The molecule has 0 radical (unpaired) electrons. The van der Waals surface area contributed by atoms with Gasteiger partial charge in [-0.2, -0.15) is 5.10 Å². The third-order valence-electron chi connectivity index (χ3n) is 6.41. The van der Waals surface area contributed by atoms with Crippen LogP contribution in [-0.4, -0.2) is 34.2 Å². The molecule has 6 heteroatoms. The number of nitrogens with zero attached hydrogens (tertiary/aromatic N) is 2. The highest BCUT2D eigenvalue weighted by Crippen LogP contribution is 2.43. The number of H-pyrrole nitrogens is 1. The Morgan fingerprint density at radius 2 is 1.83 bits per heavy atom. The lowest BCUT2D eigenvalue weighted by molar-refractivity contribution is 0.0745. The predicted octanol–water partition coefficient (Wildman–Crippen LogP) is 6.70. The maximum Gasteiger partial charge on any atom is 0.273 e. The highest BCUT2D eigenvalue weighted by Gasteiger charge is 2.42. The van der Waals surface area contributed by atoms with Gasteiger partial charge in [0, 0.05) is 22.7 Å². The highest BCUT2D eigenvalue weighted by atomic mass is 35.5. The molecule has 4 aromatic rings. The van der Waals surface area contributed by atoms with Crippen LogP contribution in [0.2, 0.25) is 5.02 Å². The smallest absolute Gasteiger partial charge is 0.273 e. The molecule has 178 valence electrons. The summed E-state index contributed by atoms with van der Waals surface area (Å²) in [6, 6.07) is 25.7. The maximum absolute atomic E-state index is 13.6. The fraction of sp³-hybridized carbons (Fsp3) is 0.241. The summed E-state index contributed by atoms with van der Waals surface area (Å²) in [6.45, 7) is 3.42. The van der Waals surface area contributed by atoms with Crippen molar-refractivity contribution < 1.29 is 9.53 Å². The van der Waals surface area contributed by atoms with Crippen LogP contribution < -0.4 is 4.74 Å². The van der Waals surface area contributed by atoms with Crippen molar-refractivity contribution in [1.82, 2.24) is 15.1 Å². The topological polar surface area (TPSA) is 58.2 Å². The normalized spacial score (nSPS) is 14.9. The second-order valence-corrected chi connectivity index (χ2v) is 9.22. The Labute approximate surface area is 210 Å². The van der Waals surface area contributed by atoms with Gasteiger partial charge in [-0.3, -0.25) is 9.89 Å². The molecule has 0 bridgehead atoms. The number of rotatable bonds is 9. The number of halogens is 1. The van der Waals surface area contributed by atoms with Crippen molar-refractivity contribution in [2.45, 2.75) is 32.2 Å². The quantitative estimate of drug-likeness (QED) is 0.268. The van der Waals surface area contributed by atoms with Crippen molar-refractivity contribution >= 4 is 17.5 Å². The molecule has 1 N–H and O–H groups in total. The van der Waals surface area contributed by atoms with E-state index in [1.54, 1.807) is 0 Å². The van der Waals surface area contributed by atoms with Gasteiger partial charge in [-0.15, -0.1) is 0 Å². The number of fused-ring (bicyclic) bond motifs is 1. The predicted molar refractivity (Wildman–Crippen MR) is 139 cm³/mol. The number of aromatic amines is 1. The summed E-state index contributed by atoms with van der Waals surface area (Å²) in [5, 5.41) is 8.24. The Morgan fingerprint density at radius 3 is 2.60 bits per heavy atom. The zero-order chi connectivity index (χ0) is 24.2. The number of aromatic nitrogens is 2. The molecule has 5 rings (SSSR count). The number of amides is 1. The summed E-state index contributed by atoms with van der Waals surface area (Å²) in [5.41, 5.74) is 5.35. The Bertz CT molecular complexity index is 1300. The first-order valence-electron chi connectivity index (χ1n) is 12.1. The van der Waals surface area contributed by atoms with Gasteiger partial charge in [0.2, 0.25) is 0 Å².